The predicted molar refractivity (Wildman–Crippen MR) is 67.6 cm³/mol. The van der Waals surface area contributed by atoms with E-state index in [4.69, 9.17) is 27.9 Å². The average Bonchev–Trinajstić information content (AvgIpc) is 2.62. The molecule has 1 aromatic rings. The fourth-order valence-electron chi connectivity index (χ4n) is 2.18. The van der Waals surface area contributed by atoms with E-state index < -0.39 is 0 Å². The zero-order valence-electron chi connectivity index (χ0n) is 9.39. The maximum Gasteiger partial charge on any atom is 0.144 e. The van der Waals surface area contributed by atoms with Crippen molar-refractivity contribution in [3.63, 3.8) is 0 Å². The van der Waals surface area contributed by atoms with E-state index in [-0.39, 0.29) is 12.1 Å². The summed E-state index contributed by atoms with van der Waals surface area (Å²) in [5.74, 6) is 0.743. The van der Waals surface area contributed by atoms with Crippen LogP contribution >= 0.6 is 23.2 Å². The van der Waals surface area contributed by atoms with Gasteiger partial charge < -0.3 is 10.1 Å². The van der Waals surface area contributed by atoms with E-state index in [0.717, 1.165) is 24.2 Å². The van der Waals surface area contributed by atoms with Gasteiger partial charge in [-0.25, -0.2) is 0 Å². The van der Waals surface area contributed by atoms with Crippen LogP contribution in [-0.2, 0) is 0 Å². The third-order valence-corrected chi connectivity index (χ3v) is 3.73. The van der Waals surface area contributed by atoms with E-state index in [1.54, 1.807) is 0 Å². The first-order valence-corrected chi connectivity index (χ1v) is 6.26. The van der Waals surface area contributed by atoms with Crippen molar-refractivity contribution in [1.29, 1.82) is 0 Å². The van der Waals surface area contributed by atoms with Gasteiger partial charge in [0.05, 0.1) is 11.1 Å². The van der Waals surface area contributed by atoms with Gasteiger partial charge in [-0.3, -0.25) is 0 Å². The summed E-state index contributed by atoms with van der Waals surface area (Å²) < 4.78 is 5.88. The molecule has 1 aromatic carbocycles. The Kier molecular flexibility index (Phi) is 3.63. The molecule has 0 radical (unpaired) electrons. The van der Waals surface area contributed by atoms with Gasteiger partial charge in [-0.1, -0.05) is 42.6 Å². The molecule has 4 heteroatoms. The molecule has 16 heavy (non-hydrogen) atoms. The van der Waals surface area contributed by atoms with Crippen molar-refractivity contribution < 1.29 is 4.74 Å². The fourth-order valence-corrected chi connectivity index (χ4v) is 2.55. The SMILES string of the molecule is CCCC1Oc2c(ccc(Cl)c2Cl)C1NC. The minimum absolute atomic E-state index is 0.154. The van der Waals surface area contributed by atoms with E-state index in [1.165, 1.54) is 0 Å². The van der Waals surface area contributed by atoms with Crippen LogP contribution in [0.2, 0.25) is 10.0 Å². The lowest BCUT2D eigenvalue weighted by Gasteiger charge is -2.17. The van der Waals surface area contributed by atoms with Gasteiger partial charge >= 0.3 is 0 Å². The molecule has 2 rings (SSSR count). The zero-order chi connectivity index (χ0) is 11.7. The lowest BCUT2D eigenvalue weighted by molar-refractivity contribution is 0.182. The van der Waals surface area contributed by atoms with Crippen LogP contribution < -0.4 is 10.1 Å². The van der Waals surface area contributed by atoms with E-state index in [1.807, 2.05) is 19.2 Å². The van der Waals surface area contributed by atoms with Crippen LogP contribution in [-0.4, -0.2) is 13.2 Å². The fraction of sp³-hybridized carbons (Fsp3) is 0.500. The van der Waals surface area contributed by atoms with Crippen molar-refractivity contribution in [3.05, 3.63) is 27.7 Å². The number of fused-ring (bicyclic) bond motifs is 1. The second-order valence-corrected chi connectivity index (χ2v) is 4.78. The van der Waals surface area contributed by atoms with Gasteiger partial charge in [0.25, 0.3) is 0 Å². The maximum atomic E-state index is 6.14. The first kappa shape index (κ1) is 12.0. The van der Waals surface area contributed by atoms with Crippen LogP contribution in [0.5, 0.6) is 5.75 Å². The zero-order valence-corrected chi connectivity index (χ0v) is 10.9. The number of nitrogens with one attached hydrogen (secondary N) is 1. The number of halogens is 2. The van der Waals surface area contributed by atoms with Crippen molar-refractivity contribution in [2.75, 3.05) is 7.05 Å². The van der Waals surface area contributed by atoms with Gasteiger partial charge in [0, 0.05) is 5.56 Å². The summed E-state index contributed by atoms with van der Waals surface area (Å²) >= 11 is 12.1. The molecule has 0 fully saturated rings. The van der Waals surface area contributed by atoms with E-state index >= 15 is 0 Å². The number of benzene rings is 1. The highest BCUT2D eigenvalue weighted by Crippen LogP contribution is 2.45. The lowest BCUT2D eigenvalue weighted by Crippen LogP contribution is -2.28. The summed E-state index contributed by atoms with van der Waals surface area (Å²) in [4.78, 5) is 0. The maximum absolute atomic E-state index is 6.14. The van der Waals surface area contributed by atoms with Crippen LogP contribution in [0.25, 0.3) is 0 Å². The Morgan fingerprint density at radius 1 is 1.38 bits per heavy atom. The summed E-state index contributed by atoms with van der Waals surface area (Å²) in [6, 6.07) is 4.02. The molecule has 1 aliphatic heterocycles. The molecule has 2 nitrogen and oxygen atoms in total. The highest BCUT2D eigenvalue weighted by Gasteiger charge is 2.34. The largest absolute Gasteiger partial charge is 0.486 e. The quantitative estimate of drug-likeness (QED) is 0.892. The molecule has 1 aliphatic rings. The normalized spacial score (nSPS) is 23.0. The summed E-state index contributed by atoms with van der Waals surface area (Å²) in [6.45, 7) is 2.15. The van der Waals surface area contributed by atoms with E-state index in [2.05, 4.69) is 12.2 Å². The Morgan fingerprint density at radius 2 is 2.12 bits per heavy atom. The number of ether oxygens (including phenoxy) is 1. The summed E-state index contributed by atoms with van der Waals surface area (Å²) in [5, 5.41) is 4.35. The van der Waals surface area contributed by atoms with Crippen LogP contribution in [0.3, 0.4) is 0 Å². The Bertz CT molecular complexity index is 395. The van der Waals surface area contributed by atoms with Crippen molar-refractivity contribution in [3.8, 4) is 5.75 Å². The summed E-state index contributed by atoms with van der Waals surface area (Å²) in [7, 11) is 1.94. The molecule has 1 N–H and O–H groups in total. The molecule has 0 amide bonds. The molecule has 0 aliphatic carbocycles. The number of likely N-dealkylation sites (N-methyl/N-ethyl adjacent to an activating group) is 1. The molecule has 0 spiro atoms. The van der Waals surface area contributed by atoms with E-state index in [9.17, 15) is 0 Å². The number of hydrogen-bond donors (Lipinski definition) is 1. The molecule has 0 bridgehead atoms. The van der Waals surface area contributed by atoms with Gasteiger partial charge in [0.2, 0.25) is 0 Å². The van der Waals surface area contributed by atoms with Crippen LogP contribution in [0.1, 0.15) is 31.4 Å². The first-order chi connectivity index (χ1) is 7.69. The third-order valence-electron chi connectivity index (χ3n) is 2.94. The Labute approximate surface area is 106 Å². The lowest BCUT2D eigenvalue weighted by atomic mass is 10.0. The number of rotatable bonds is 3. The monoisotopic (exact) mass is 259 g/mol. The highest BCUT2D eigenvalue weighted by atomic mass is 35.5. The van der Waals surface area contributed by atoms with Gasteiger partial charge in [0.15, 0.2) is 0 Å². The average molecular weight is 260 g/mol. The third kappa shape index (κ3) is 1.90. The molecule has 2 unspecified atom stereocenters. The predicted octanol–water partition coefficient (Wildman–Crippen LogP) is 3.82. The minimum atomic E-state index is 0.154. The van der Waals surface area contributed by atoms with E-state index in [0.29, 0.717) is 10.0 Å². The second-order valence-electron chi connectivity index (χ2n) is 3.99. The molecular weight excluding hydrogens is 245 g/mol. The smallest absolute Gasteiger partial charge is 0.144 e. The van der Waals surface area contributed by atoms with Gasteiger partial charge in [-0.2, -0.15) is 0 Å². The molecule has 0 saturated heterocycles. The van der Waals surface area contributed by atoms with Gasteiger partial charge in [-0.05, 0) is 19.5 Å². The van der Waals surface area contributed by atoms with Crippen molar-refractivity contribution in [1.82, 2.24) is 5.32 Å². The molecular formula is C12H15Cl2NO. The molecule has 1 heterocycles. The van der Waals surface area contributed by atoms with Gasteiger partial charge in [-0.15, -0.1) is 0 Å². The Hall–Kier alpha value is -0.440. The summed E-state index contributed by atoms with van der Waals surface area (Å²) in [6.07, 6.45) is 2.25. The Balaban J connectivity index is 2.38. The first-order valence-electron chi connectivity index (χ1n) is 5.50. The van der Waals surface area contributed by atoms with Crippen LogP contribution in [0, 0.1) is 0 Å². The van der Waals surface area contributed by atoms with Crippen LogP contribution in [0.15, 0.2) is 12.1 Å². The molecule has 0 aromatic heterocycles. The second kappa shape index (κ2) is 4.82. The Morgan fingerprint density at radius 3 is 2.75 bits per heavy atom. The van der Waals surface area contributed by atoms with Crippen LogP contribution in [0.4, 0.5) is 0 Å². The highest BCUT2D eigenvalue weighted by molar-refractivity contribution is 6.43. The topological polar surface area (TPSA) is 21.3 Å². The van der Waals surface area contributed by atoms with Crippen molar-refractivity contribution in [2.24, 2.45) is 0 Å². The molecule has 0 saturated carbocycles. The molecule has 88 valence electrons. The molecule has 2 atom stereocenters. The number of hydrogen-bond acceptors (Lipinski definition) is 2. The standard InChI is InChI=1S/C12H15Cl2NO/c1-3-4-9-11(15-2)7-5-6-8(13)10(14)12(7)16-9/h5-6,9,11,15H,3-4H2,1-2H3. The van der Waals surface area contributed by atoms with Crippen molar-refractivity contribution in [2.45, 2.75) is 31.9 Å². The van der Waals surface area contributed by atoms with Gasteiger partial charge in [0.1, 0.15) is 16.9 Å². The van der Waals surface area contributed by atoms with Crippen molar-refractivity contribution >= 4 is 23.2 Å². The summed E-state index contributed by atoms with van der Waals surface area (Å²) in [5.41, 5.74) is 1.11. The minimum Gasteiger partial charge on any atom is -0.486 e.